The van der Waals surface area contributed by atoms with Crippen molar-refractivity contribution in [1.82, 2.24) is 14.7 Å². The zero-order chi connectivity index (χ0) is 12.5. The molecule has 1 unspecified atom stereocenters. The van der Waals surface area contributed by atoms with Crippen LogP contribution in [0.2, 0.25) is 0 Å². The van der Waals surface area contributed by atoms with Crippen LogP contribution in [0, 0.1) is 5.92 Å². The number of carboxylic acids is 1. The van der Waals surface area contributed by atoms with Crippen molar-refractivity contribution in [3.05, 3.63) is 35.8 Å². The van der Waals surface area contributed by atoms with E-state index in [0.717, 1.165) is 25.2 Å². The Bertz CT molecular complexity index is 585. The van der Waals surface area contributed by atoms with Crippen LogP contribution in [0.1, 0.15) is 22.5 Å². The molecule has 2 aromatic heterocycles. The number of imidazole rings is 1. The molecule has 94 valence electrons. The third-order valence-electron chi connectivity index (χ3n) is 3.42. The number of fused-ring (bicyclic) bond motifs is 1. The monoisotopic (exact) mass is 245 g/mol. The molecule has 0 aromatic carbocycles. The van der Waals surface area contributed by atoms with Crippen molar-refractivity contribution in [2.24, 2.45) is 5.92 Å². The standard InChI is InChI=1S/C13H15N3O2/c17-13(18)10-2-4-16-8-11(15-12(16)6-10)5-9-1-3-14-7-9/h2,4,6,8-9,14H,1,3,5,7H2,(H,17,18). The maximum atomic E-state index is 10.9. The Balaban J connectivity index is 1.87. The molecule has 0 radical (unpaired) electrons. The van der Waals surface area contributed by atoms with E-state index in [1.54, 1.807) is 18.3 Å². The predicted octanol–water partition coefficient (Wildman–Crippen LogP) is 1.18. The second-order valence-electron chi connectivity index (χ2n) is 4.78. The van der Waals surface area contributed by atoms with E-state index in [0.29, 0.717) is 11.6 Å². The first-order valence-electron chi connectivity index (χ1n) is 6.14. The molecule has 18 heavy (non-hydrogen) atoms. The van der Waals surface area contributed by atoms with E-state index in [1.165, 1.54) is 6.42 Å². The van der Waals surface area contributed by atoms with Crippen LogP contribution in [0.25, 0.3) is 5.65 Å². The lowest BCUT2D eigenvalue weighted by Crippen LogP contribution is -2.10. The minimum Gasteiger partial charge on any atom is -0.478 e. The van der Waals surface area contributed by atoms with E-state index in [4.69, 9.17) is 5.11 Å². The van der Waals surface area contributed by atoms with E-state index < -0.39 is 5.97 Å². The summed E-state index contributed by atoms with van der Waals surface area (Å²) in [6.45, 7) is 2.13. The van der Waals surface area contributed by atoms with E-state index in [-0.39, 0.29) is 5.56 Å². The van der Waals surface area contributed by atoms with Crippen molar-refractivity contribution in [2.75, 3.05) is 13.1 Å². The van der Waals surface area contributed by atoms with Gasteiger partial charge < -0.3 is 14.8 Å². The fourth-order valence-corrected chi connectivity index (χ4v) is 2.45. The van der Waals surface area contributed by atoms with E-state index >= 15 is 0 Å². The second-order valence-corrected chi connectivity index (χ2v) is 4.78. The highest BCUT2D eigenvalue weighted by Gasteiger charge is 2.16. The molecule has 1 atom stereocenters. The number of pyridine rings is 1. The Kier molecular flexibility index (Phi) is 2.76. The molecule has 2 aromatic rings. The highest BCUT2D eigenvalue weighted by atomic mass is 16.4. The number of hydrogen-bond acceptors (Lipinski definition) is 3. The van der Waals surface area contributed by atoms with Gasteiger partial charge in [0, 0.05) is 12.4 Å². The molecule has 0 spiro atoms. The highest BCUT2D eigenvalue weighted by molar-refractivity contribution is 5.88. The predicted molar refractivity (Wildman–Crippen MR) is 66.8 cm³/mol. The molecule has 1 aliphatic rings. The van der Waals surface area contributed by atoms with Gasteiger partial charge in [-0.25, -0.2) is 9.78 Å². The third kappa shape index (κ3) is 2.09. The molecule has 0 amide bonds. The summed E-state index contributed by atoms with van der Waals surface area (Å²) in [5.74, 6) is -0.268. The van der Waals surface area contributed by atoms with Crippen LogP contribution in [0.4, 0.5) is 0 Å². The fraction of sp³-hybridized carbons (Fsp3) is 0.385. The first-order chi connectivity index (χ1) is 8.72. The molecule has 1 saturated heterocycles. The topological polar surface area (TPSA) is 66.6 Å². The highest BCUT2D eigenvalue weighted by Crippen LogP contribution is 2.16. The van der Waals surface area contributed by atoms with Crippen LogP contribution in [-0.2, 0) is 6.42 Å². The fourth-order valence-electron chi connectivity index (χ4n) is 2.45. The van der Waals surface area contributed by atoms with Crippen LogP contribution >= 0.6 is 0 Å². The SMILES string of the molecule is O=C(O)c1ccn2cc(CC3CCNC3)nc2c1. The number of rotatable bonds is 3. The van der Waals surface area contributed by atoms with Crippen molar-refractivity contribution in [3.63, 3.8) is 0 Å². The molecule has 0 bridgehead atoms. The van der Waals surface area contributed by atoms with E-state index in [2.05, 4.69) is 10.3 Å². The Morgan fingerprint density at radius 2 is 2.50 bits per heavy atom. The minimum absolute atomic E-state index is 0.280. The smallest absolute Gasteiger partial charge is 0.335 e. The first kappa shape index (κ1) is 11.2. The average molecular weight is 245 g/mol. The van der Waals surface area contributed by atoms with Gasteiger partial charge in [0.1, 0.15) is 5.65 Å². The van der Waals surface area contributed by atoms with Gasteiger partial charge in [-0.05, 0) is 44.0 Å². The number of hydrogen-bond donors (Lipinski definition) is 2. The quantitative estimate of drug-likeness (QED) is 0.852. The van der Waals surface area contributed by atoms with Crippen LogP contribution in [0.3, 0.4) is 0 Å². The van der Waals surface area contributed by atoms with Crippen LogP contribution in [0.5, 0.6) is 0 Å². The van der Waals surface area contributed by atoms with E-state index in [1.807, 2.05) is 10.6 Å². The Hall–Kier alpha value is -1.88. The van der Waals surface area contributed by atoms with Crippen molar-refractivity contribution in [3.8, 4) is 0 Å². The summed E-state index contributed by atoms with van der Waals surface area (Å²) in [5, 5.41) is 12.3. The molecule has 0 saturated carbocycles. The van der Waals surface area contributed by atoms with Crippen molar-refractivity contribution in [1.29, 1.82) is 0 Å². The zero-order valence-electron chi connectivity index (χ0n) is 9.97. The van der Waals surface area contributed by atoms with Crippen molar-refractivity contribution < 1.29 is 9.90 Å². The summed E-state index contributed by atoms with van der Waals surface area (Å²) in [6.07, 6.45) is 5.88. The molecule has 5 heteroatoms. The van der Waals surface area contributed by atoms with Crippen molar-refractivity contribution in [2.45, 2.75) is 12.8 Å². The lowest BCUT2D eigenvalue weighted by molar-refractivity contribution is 0.0697. The molecule has 1 aliphatic heterocycles. The summed E-state index contributed by atoms with van der Waals surface area (Å²) in [4.78, 5) is 15.4. The Morgan fingerprint density at radius 3 is 3.22 bits per heavy atom. The van der Waals surface area contributed by atoms with Gasteiger partial charge in [0.05, 0.1) is 11.3 Å². The largest absolute Gasteiger partial charge is 0.478 e. The summed E-state index contributed by atoms with van der Waals surface area (Å²) in [7, 11) is 0. The van der Waals surface area contributed by atoms with Gasteiger partial charge in [-0.15, -0.1) is 0 Å². The summed E-state index contributed by atoms with van der Waals surface area (Å²) < 4.78 is 1.88. The summed E-state index contributed by atoms with van der Waals surface area (Å²) in [5.41, 5.74) is 2.02. The van der Waals surface area contributed by atoms with Gasteiger partial charge in [-0.2, -0.15) is 0 Å². The summed E-state index contributed by atoms with van der Waals surface area (Å²) >= 11 is 0. The number of carbonyl (C=O) groups is 1. The molecule has 1 fully saturated rings. The van der Waals surface area contributed by atoms with Gasteiger partial charge in [0.25, 0.3) is 0 Å². The van der Waals surface area contributed by atoms with Crippen LogP contribution in [0.15, 0.2) is 24.5 Å². The summed E-state index contributed by atoms with van der Waals surface area (Å²) in [6, 6.07) is 3.21. The molecule has 3 rings (SSSR count). The van der Waals surface area contributed by atoms with Crippen LogP contribution < -0.4 is 5.32 Å². The molecule has 5 nitrogen and oxygen atoms in total. The number of nitrogens with zero attached hydrogens (tertiary/aromatic N) is 2. The Labute approximate surface area is 104 Å². The lowest BCUT2D eigenvalue weighted by Gasteiger charge is -2.03. The van der Waals surface area contributed by atoms with Gasteiger partial charge in [-0.3, -0.25) is 0 Å². The number of aromatic nitrogens is 2. The Morgan fingerprint density at radius 1 is 1.61 bits per heavy atom. The third-order valence-corrected chi connectivity index (χ3v) is 3.42. The average Bonchev–Trinajstić information content (AvgIpc) is 2.96. The second kappa shape index (κ2) is 4.42. The van der Waals surface area contributed by atoms with Crippen LogP contribution in [-0.4, -0.2) is 33.6 Å². The molecular weight excluding hydrogens is 230 g/mol. The number of carboxylic acid groups (broad SMARTS) is 1. The number of aromatic carboxylic acids is 1. The molecular formula is C13H15N3O2. The maximum absolute atomic E-state index is 10.9. The number of nitrogens with one attached hydrogen (secondary N) is 1. The van der Waals surface area contributed by atoms with Gasteiger partial charge in [0.15, 0.2) is 0 Å². The normalized spacial score (nSPS) is 19.4. The zero-order valence-corrected chi connectivity index (χ0v) is 9.97. The molecule has 3 heterocycles. The molecule has 2 N–H and O–H groups in total. The minimum atomic E-state index is -0.915. The van der Waals surface area contributed by atoms with E-state index in [9.17, 15) is 4.79 Å². The van der Waals surface area contributed by atoms with Gasteiger partial charge in [0.2, 0.25) is 0 Å². The maximum Gasteiger partial charge on any atom is 0.335 e. The van der Waals surface area contributed by atoms with Crippen molar-refractivity contribution >= 4 is 11.6 Å². The lowest BCUT2D eigenvalue weighted by atomic mass is 10.0. The van der Waals surface area contributed by atoms with Gasteiger partial charge in [-0.1, -0.05) is 0 Å². The molecule has 0 aliphatic carbocycles. The van der Waals surface area contributed by atoms with Gasteiger partial charge >= 0.3 is 5.97 Å². The first-order valence-corrected chi connectivity index (χ1v) is 6.14.